The minimum atomic E-state index is -4.73. The van der Waals surface area contributed by atoms with Gasteiger partial charge in [-0.2, -0.15) is 13.2 Å². The SMILES string of the molecule is CC12C=CC=CC1CN(c1cc(-c3cccc(C(O)C(F)(F)F)c3)cc3nonc13)C2. The second-order valence-electron chi connectivity index (χ2n) is 8.43. The number of alkyl halides is 3. The number of nitrogens with zero attached hydrogens (tertiary/aromatic N) is 3. The number of benzene rings is 2. The first-order valence-corrected chi connectivity index (χ1v) is 9.97. The van der Waals surface area contributed by atoms with E-state index in [-0.39, 0.29) is 11.0 Å². The molecule has 0 bridgehead atoms. The van der Waals surface area contributed by atoms with Crippen molar-refractivity contribution in [2.24, 2.45) is 11.3 Å². The lowest BCUT2D eigenvalue weighted by atomic mass is 9.77. The van der Waals surface area contributed by atoms with E-state index in [4.69, 9.17) is 4.63 Å². The average Bonchev–Trinajstić information content (AvgIpc) is 3.35. The molecule has 0 saturated carbocycles. The van der Waals surface area contributed by atoms with Gasteiger partial charge in [0.2, 0.25) is 0 Å². The average molecular weight is 427 g/mol. The quantitative estimate of drug-likeness (QED) is 0.634. The molecule has 1 aliphatic heterocycles. The molecule has 160 valence electrons. The highest BCUT2D eigenvalue weighted by Crippen LogP contribution is 2.44. The van der Waals surface area contributed by atoms with Crippen molar-refractivity contribution in [1.82, 2.24) is 10.3 Å². The molecule has 1 aliphatic carbocycles. The normalized spacial score (nSPS) is 24.0. The summed E-state index contributed by atoms with van der Waals surface area (Å²) in [6.07, 6.45) is 1.25. The fourth-order valence-electron chi connectivity index (χ4n) is 4.51. The predicted octanol–water partition coefficient (Wildman–Crippen LogP) is 5.05. The van der Waals surface area contributed by atoms with Crippen LogP contribution in [0.15, 0.2) is 65.3 Å². The molecule has 31 heavy (non-hydrogen) atoms. The molecule has 3 atom stereocenters. The second-order valence-corrected chi connectivity index (χ2v) is 8.43. The molecule has 1 saturated heterocycles. The first-order chi connectivity index (χ1) is 14.7. The van der Waals surface area contributed by atoms with Crippen LogP contribution in [0.1, 0.15) is 18.6 Å². The zero-order valence-electron chi connectivity index (χ0n) is 16.7. The third kappa shape index (κ3) is 3.40. The minimum Gasteiger partial charge on any atom is -0.379 e. The van der Waals surface area contributed by atoms with Gasteiger partial charge in [-0.3, -0.25) is 0 Å². The predicted molar refractivity (Wildman–Crippen MR) is 110 cm³/mol. The maximum Gasteiger partial charge on any atom is 0.418 e. The fourth-order valence-corrected chi connectivity index (χ4v) is 4.51. The highest BCUT2D eigenvalue weighted by Gasteiger charge is 2.42. The molecule has 3 unspecified atom stereocenters. The summed E-state index contributed by atoms with van der Waals surface area (Å²) < 4.78 is 43.9. The summed E-state index contributed by atoms with van der Waals surface area (Å²) in [6.45, 7) is 3.77. The van der Waals surface area contributed by atoms with E-state index in [0.29, 0.717) is 28.1 Å². The van der Waals surface area contributed by atoms with Crippen molar-refractivity contribution in [3.05, 3.63) is 66.3 Å². The second kappa shape index (κ2) is 6.95. The number of aliphatic hydroxyl groups excluding tert-OH is 1. The first-order valence-electron chi connectivity index (χ1n) is 9.97. The fraction of sp³-hybridized carbons (Fsp3) is 0.304. The monoisotopic (exact) mass is 427 g/mol. The summed E-state index contributed by atoms with van der Waals surface area (Å²) in [5, 5.41) is 17.7. The molecular formula is C23H20F3N3O2. The van der Waals surface area contributed by atoms with Crippen LogP contribution in [0.2, 0.25) is 0 Å². The van der Waals surface area contributed by atoms with E-state index in [1.807, 2.05) is 6.07 Å². The van der Waals surface area contributed by atoms with Crippen molar-refractivity contribution in [3.8, 4) is 11.1 Å². The molecule has 0 radical (unpaired) electrons. The minimum absolute atomic E-state index is 0.00895. The Morgan fingerprint density at radius 1 is 1.16 bits per heavy atom. The van der Waals surface area contributed by atoms with Crippen LogP contribution in [0.4, 0.5) is 18.9 Å². The van der Waals surface area contributed by atoms with Crippen LogP contribution in [0.3, 0.4) is 0 Å². The van der Waals surface area contributed by atoms with Crippen LogP contribution < -0.4 is 4.90 Å². The van der Waals surface area contributed by atoms with Gasteiger partial charge < -0.3 is 10.0 Å². The Balaban J connectivity index is 1.57. The molecule has 5 rings (SSSR count). The van der Waals surface area contributed by atoms with Gasteiger partial charge in [-0.05, 0) is 45.2 Å². The van der Waals surface area contributed by atoms with E-state index in [2.05, 4.69) is 46.4 Å². The summed E-state index contributed by atoms with van der Waals surface area (Å²) in [5.74, 6) is 0.348. The Kier molecular flexibility index (Phi) is 4.44. The number of halogens is 3. The lowest BCUT2D eigenvalue weighted by Gasteiger charge is -2.26. The Hall–Kier alpha value is -3.13. The third-order valence-corrected chi connectivity index (χ3v) is 6.25. The van der Waals surface area contributed by atoms with E-state index >= 15 is 0 Å². The van der Waals surface area contributed by atoms with Gasteiger partial charge in [-0.1, -0.05) is 49.4 Å². The maximum absolute atomic E-state index is 13.0. The van der Waals surface area contributed by atoms with E-state index in [1.165, 1.54) is 18.2 Å². The van der Waals surface area contributed by atoms with Crippen molar-refractivity contribution >= 4 is 16.7 Å². The van der Waals surface area contributed by atoms with Crippen LogP contribution in [0.5, 0.6) is 0 Å². The Labute approximate surface area is 176 Å². The van der Waals surface area contributed by atoms with Crippen LogP contribution in [-0.4, -0.2) is 34.7 Å². The summed E-state index contributed by atoms with van der Waals surface area (Å²) in [4.78, 5) is 2.22. The lowest BCUT2D eigenvalue weighted by Crippen LogP contribution is -2.25. The van der Waals surface area contributed by atoms with Crippen molar-refractivity contribution < 1.29 is 22.9 Å². The number of rotatable bonds is 3. The van der Waals surface area contributed by atoms with Gasteiger partial charge in [-0.25, -0.2) is 4.63 Å². The van der Waals surface area contributed by atoms with Crippen LogP contribution >= 0.6 is 0 Å². The van der Waals surface area contributed by atoms with Crippen LogP contribution in [0.25, 0.3) is 22.2 Å². The topological polar surface area (TPSA) is 62.4 Å². The highest BCUT2D eigenvalue weighted by atomic mass is 19.4. The molecule has 8 heteroatoms. The number of fused-ring (bicyclic) bond motifs is 2. The van der Waals surface area contributed by atoms with E-state index in [1.54, 1.807) is 12.1 Å². The molecule has 1 N–H and O–H groups in total. The molecule has 0 amide bonds. The van der Waals surface area contributed by atoms with Gasteiger partial charge in [0.1, 0.15) is 5.52 Å². The number of hydrogen-bond acceptors (Lipinski definition) is 5. The largest absolute Gasteiger partial charge is 0.418 e. The lowest BCUT2D eigenvalue weighted by molar-refractivity contribution is -0.206. The molecule has 2 heterocycles. The summed E-state index contributed by atoms with van der Waals surface area (Å²) in [5.41, 5.74) is 2.99. The number of hydrogen-bond donors (Lipinski definition) is 1. The van der Waals surface area contributed by atoms with Crippen molar-refractivity contribution in [2.75, 3.05) is 18.0 Å². The van der Waals surface area contributed by atoms with Crippen molar-refractivity contribution in [1.29, 1.82) is 0 Å². The molecule has 3 aromatic rings. The number of aromatic nitrogens is 2. The first kappa shape index (κ1) is 19.8. The van der Waals surface area contributed by atoms with Gasteiger partial charge in [0, 0.05) is 24.4 Å². The van der Waals surface area contributed by atoms with Crippen LogP contribution in [0, 0.1) is 11.3 Å². The zero-order valence-corrected chi connectivity index (χ0v) is 16.7. The van der Waals surface area contributed by atoms with Crippen molar-refractivity contribution in [3.63, 3.8) is 0 Å². The molecule has 0 spiro atoms. The molecule has 2 aromatic carbocycles. The standard InChI is InChI=1S/C23H20F3N3O2/c1-22-8-3-2-7-17(22)12-29(13-22)19-11-16(10-18-20(19)28-31-27-18)14-5-4-6-15(9-14)21(30)23(24,25)26/h2-11,17,21,30H,12-13H2,1H3. The van der Waals surface area contributed by atoms with E-state index < -0.39 is 12.3 Å². The number of allylic oxidation sites excluding steroid dienone is 2. The molecule has 5 nitrogen and oxygen atoms in total. The van der Waals surface area contributed by atoms with Gasteiger partial charge in [0.25, 0.3) is 0 Å². The van der Waals surface area contributed by atoms with Gasteiger partial charge in [-0.15, -0.1) is 0 Å². The maximum atomic E-state index is 13.0. The summed E-state index contributed by atoms with van der Waals surface area (Å²) in [6, 6.07) is 9.47. The van der Waals surface area contributed by atoms with Gasteiger partial charge in [0.05, 0.1) is 5.69 Å². The molecule has 2 aliphatic rings. The zero-order chi connectivity index (χ0) is 21.8. The van der Waals surface area contributed by atoms with Crippen molar-refractivity contribution in [2.45, 2.75) is 19.2 Å². The number of aliphatic hydroxyl groups is 1. The summed E-state index contributed by atoms with van der Waals surface area (Å²) >= 11 is 0. The van der Waals surface area contributed by atoms with Gasteiger partial charge >= 0.3 is 6.18 Å². The van der Waals surface area contributed by atoms with E-state index in [0.717, 1.165) is 18.8 Å². The molecular weight excluding hydrogens is 407 g/mol. The Bertz CT molecular complexity index is 1200. The smallest absolute Gasteiger partial charge is 0.379 e. The molecule has 1 fully saturated rings. The van der Waals surface area contributed by atoms with Crippen LogP contribution in [-0.2, 0) is 0 Å². The number of anilines is 1. The van der Waals surface area contributed by atoms with E-state index in [9.17, 15) is 18.3 Å². The third-order valence-electron chi connectivity index (χ3n) is 6.25. The van der Waals surface area contributed by atoms with Gasteiger partial charge in [0.15, 0.2) is 11.6 Å². The Morgan fingerprint density at radius 2 is 2.00 bits per heavy atom. The molecule has 1 aromatic heterocycles. The Morgan fingerprint density at radius 3 is 2.77 bits per heavy atom. The summed E-state index contributed by atoms with van der Waals surface area (Å²) in [7, 11) is 0. The highest BCUT2D eigenvalue weighted by molar-refractivity contribution is 5.93.